The van der Waals surface area contributed by atoms with Crippen molar-refractivity contribution in [3.63, 3.8) is 0 Å². The first-order valence-corrected chi connectivity index (χ1v) is 9.66. The van der Waals surface area contributed by atoms with Crippen molar-refractivity contribution in [2.45, 2.75) is 13.0 Å². The molecule has 1 atom stereocenters. The molecule has 0 saturated carbocycles. The second-order valence-corrected chi connectivity index (χ2v) is 8.06. The van der Waals surface area contributed by atoms with Crippen LogP contribution in [0.4, 0.5) is 0 Å². The lowest BCUT2D eigenvalue weighted by Crippen LogP contribution is -2.63. The molecule has 0 aliphatic rings. The number of alkyl halides is 1. The van der Waals surface area contributed by atoms with Crippen LogP contribution in [0.15, 0.2) is 60.7 Å². The largest absolute Gasteiger partial charge is 0.463 e. The summed E-state index contributed by atoms with van der Waals surface area (Å²) in [7, 11) is -3.43. The highest BCUT2D eigenvalue weighted by molar-refractivity contribution is 6.91. The van der Waals surface area contributed by atoms with Crippen molar-refractivity contribution < 1.29 is 18.8 Å². The monoisotopic (exact) mass is 350 g/mol. The van der Waals surface area contributed by atoms with Crippen LogP contribution in [0.2, 0.25) is 0 Å². The maximum absolute atomic E-state index is 11.3. The third-order valence-corrected chi connectivity index (χ3v) is 6.56. The van der Waals surface area contributed by atoms with Gasteiger partial charge in [0.15, 0.2) is 0 Å². The molecule has 23 heavy (non-hydrogen) atoms. The Labute approximate surface area is 141 Å². The quantitative estimate of drug-likeness (QED) is 0.466. The van der Waals surface area contributed by atoms with Crippen molar-refractivity contribution in [2.75, 3.05) is 12.5 Å². The van der Waals surface area contributed by atoms with Gasteiger partial charge in [0.2, 0.25) is 0 Å². The van der Waals surface area contributed by atoms with Gasteiger partial charge in [-0.05, 0) is 10.4 Å². The third-order valence-electron chi connectivity index (χ3n) is 3.31. The van der Waals surface area contributed by atoms with E-state index in [4.69, 9.17) is 20.8 Å². The normalized spacial score (nSPS) is 12.7. The SMILES string of the molecule is CC(=O)OCC(CCl)O[Si](O)(c1ccccc1)c1ccccc1. The predicted octanol–water partition coefficient (Wildman–Crippen LogP) is 1.42. The van der Waals surface area contributed by atoms with Crippen molar-refractivity contribution in [3.8, 4) is 0 Å². The Bertz CT molecular complexity index is 582. The van der Waals surface area contributed by atoms with E-state index in [1.807, 2.05) is 60.7 Å². The number of benzene rings is 2. The molecule has 6 heteroatoms. The fourth-order valence-corrected chi connectivity index (χ4v) is 4.98. The summed E-state index contributed by atoms with van der Waals surface area (Å²) in [4.78, 5) is 22.3. The van der Waals surface area contributed by atoms with Crippen LogP contribution in [0.25, 0.3) is 0 Å². The number of carbonyl (C=O) groups excluding carboxylic acids is 1. The fraction of sp³-hybridized carbons (Fsp3) is 0.235. The van der Waals surface area contributed by atoms with Gasteiger partial charge in [-0.25, -0.2) is 0 Å². The van der Waals surface area contributed by atoms with Crippen molar-refractivity contribution in [3.05, 3.63) is 60.7 Å². The number of halogens is 1. The number of hydrogen-bond acceptors (Lipinski definition) is 4. The zero-order chi connectivity index (χ0) is 16.7. The smallest absolute Gasteiger partial charge is 0.404 e. The molecule has 2 aromatic rings. The molecule has 0 radical (unpaired) electrons. The predicted molar refractivity (Wildman–Crippen MR) is 92.4 cm³/mol. The first kappa shape index (κ1) is 17.7. The van der Waals surface area contributed by atoms with Crippen molar-refractivity contribution in [1.82, 2.24) is 0 Å². The molecule has 0 aliphatic heterocycles. The van der Waals surface area contributed by atoms with E-state index in [0.29, 0.717) is 10.4 Å². The minimum absolute atomic E-state index is 0.00775. The van der Waals surface area contributed by atoms with Crippen molar-refractivity contribution in [2.24, 2.45) is 0 Å². The highest BCUT2D eigenvalue weighted by Gasteiger charge is 2.41. The highest BCUT2D eigenvalue weighted by Crippen LogP contribution is 2.10. The number of ether oxygens (including phenoxy) is 1. The molecule has 122 valence electrons. The van der Waals surface area contributed by atoms with Gasteiger partial charge in [0, 0.05) is 6.92 Å². The van der Waals surface area contributed by atoms with E-state index in [1.54, 1.807) is 0 Å². The minimum Gasteiger partial charge on any atom is -0.463 e. The van der Waals surface area contributed by atoms with E-state index in [2.05, 4.69) is 0 Å². The van der Waals surface area contributed by atoms with E-state index in [-0.39, 0.29) is 12.5 Å². The standard InChI is InChI=1S/C17H19ClO4Si/c1-14(19)21-13-15(12-18)22-23(20,16-8-4-2-5-9-16)17-10-6-3-7-11-17/h2-11,15,20H,12-13H2,1H3. The lowest BCUT2D eigenvalue weighted by molar-refractivity contribution is -0.143. The van der Waals surface area contributed by atoms with Crippen LogP contribution in [-0.2, 0) is 14.0 Å². The molecule has 0 aliphatic carbocycles. The van der Waals surface area contributed by atoms with Crippen LogP contribution >= 0.6 is 11.6 Å². The van der Waals surface area contributed by atoms with Gasteiger partial charge in [-0.1, -0.05) is 60.7 Å². The van der Waals surface area contributed by atoms with Crippen LogP contribution in [-0.4, -0.2) is 37.9 Å². The first-order valence-electron chi connectivity index (χ1n) is 7.27. The van der Waals surface area contributed by atoms with Gasteiger partial charge in [-0.2, -0.15) is 0 Å². The fourth-order valence-electron chi connectivity index (χ4n) is 2.19. The van der Waals surface area contributed by atoms with Gasteiger partial charge in [0.1, 0.15) is 6.61 Å². The van der Waals surface area contributed by atoms with Crippen LogP contribution < -0.4 is 10.4 Å². The highest BCUT2D eigenvalue weighted by atomic mass is 35.5. The summed E-state index contributed by atoms with van der Waals surface area (Å²) in [6, 6.07) is 18.5. The maximum Gasteiger partial charge on any atom is 0.404 e. The summed E-state index contributed by atoms with van der Waals surface area (Å²) in [5.74, 6) is -0.296. The van der Waals surface area contributed by atoms with Crippen LogP contribution in [0.1, 0.15) is 6.92 Å². The zero-order valence-electron chi connectivity index (χ0n) is 12.8. The number of hydrogen-bond donors (Lipinski definition) is 1. The van der Waals surface area contributed by atoms with Gasteiger partial charge in [-0.3, -0.25) is 4.79 Å². The number of carbonyl (C=O) groups is 1. The van der Waals surface area contributed by atoms with Crippen LogP contribution in [0.3, 0.4) is 0 Å². The lowest BCUT2D eigenvalue weighted by Gasteiger charge is -2.29. The Kier molecular flexibility index (Phi) is 6.35. The molecular weight excluding hydrogens is 332 g/mol. The Morgan fingerprint density at radius 1 is 1.09 bits per heavy atom. The third kappa shape index (κ3) is 4.65. The Morgan fingerprint density at radius 2 is 1.57 bits per heavy atom. The molecule has 0 heterocycles. The Balaban J connectivity index is 2.32. The van der Waals surface area contributed by atoms with Crippen LogP contribution in [0.5, 0.6) is 0 Å². The topological polar surface area (TPSA) is 55.8 Å². The summed E-state index contributed by atoms with van der Waals surface area (Å²) in [6.07, 6.45) is -0.586. The van der Waals surface area contributed by atoms with Gasteiger partial charge < -0.3 is 14.0 Å². The second kappa shape index (κ2) is 8.26. The van der Waals surface area contributed by atoms with Crippen molar-refractivity contribution in [1.29, 1.82) is 0 Å². The summed E-state index contributed by atoms with van der Waals surface area (Å²) in [5, 5.41) is 1.42. The molecule has 0 bridgehead atoms. The maximum atomic E-state index is 11.3. The van der Waals surface area contributed by atoms with Gasteiger partial charge >= 0.3 is 14.5 Å². The van der Waals surface area contributed by atoms with E-state index >= 15 is 0 Å². The molecule has 1 N–H and O–H groups in total. The molecule has 0 amide bonds. The summed E-state index contributed by atoms with van der Waals surface area (Å²) in [6.45, 7) is 1.33. The Hall–Kier alpha value is -1.66. The van der Waals surface area contributed by atoms with Gasteiger partial charge in [-0.15, -0.1) is 11.6 Å². The molecule has 0 saturated heterocycles. The average Bonchev–Trinajstić information content (AvgIpc) is 2.59. The van der Waals surface area contributed by atoms with Crippen molar-refractivity contribution >= 4 is 36.5 Å². The molecule has 0 spiro atoms. The number of esters is 1. The lowest BCUT2D eigenvalue weighted by atomic mass is 10.4. The molecule has 1 unspecified atom stereocenters. The number of rotatable bonds is 7. The van der Waals surface area contributed by atoms with E-state index < -0.39 is 20.6 Å². The second-order valence-electron chi connectivity index (χ2n) is 5.07. The first-order chi connectivity index (χ1) is 11.1. The van der Waals surface area contributed by atoms with Gasteiger partial charge in [0.05, 0.1) is 12.0 Å². The minimum atomic E-state index is -3.43. The molecule has 2 rings (SSSR count). The summed E-state index contributed by atoms with van der Waals surface area (Å²) in [5.41, 5.74) is 0. The van der Waals surface area contributed by atoms with E-state index in [0.717, 1.165) is 0 Å². The summed E-state index contributed by atoms with van der Waals surface area (Å²) < 4.78 is 11.0. The Morgan fingerprint density at radius 3 is 1.96 bits per heavy atom. The van der Waals surface area contributed by atoms with Crippen LogP contribution in [0, 0.1) is 0 Å². The zero-order valence-corrected chi connectivity index (χ0v) is 14.6. The molecule has 0 fully saturated rings. The summed E-state index contributed by atoms with van der Waals surface area (Å²) >= 11 is 5.93. The average molecular weight is 351 g/mol. The van der Waals surface area contributed by atoms with E-state index in [1.165, 1.54) is 6.92 Å². The van der Waals surface area contributed by atoms with E-state index in [9.17, 15) is 9.59 Å². The molecule has 0 aromatic heterocycles. The molecular formula is C17H19ClO4Si. The molecule has 4 nitrogen and oxygen atoms in total. The van der Waals surface area contributed by atoms with Gasteiger partial charge in [0.25, 0.3) is 0 Å². The molecule has 2 aromatic carbocycles.